The molecule has 1 aromatic rings. The van der Waals surface area contributed by atoms with E-state index in [-0.39, 0.29) is 24.0 Å². The first-order valence-corrected chi connectivity index (χ1v) is 10.7. The van der Waals surface area contributed by atoms with Crippen molar-refractivity contribution in [1.29, 1.82) is 0 Å². The van der Waals surface area contributed by atoms with Gasteiger partial charge in [-0.3, -0.25) is 9.89 Å². The van der Waals surface area contributed by atoms with E-state index in [0.29, 0.717) is 6.04 Å². The predicted molar refractivity (Wildman–Crippen MR) is 120 cm³/mol. The lowest BCUT2D eigenvalue weighted by Gasteiger charge is -2.32. The fourth-order valence-corrected chi connectivity index (χ4v) is 4.20. The van der Waals surface area contributed by atoms with Crippen LogP contribution in [0.1, 0.15) is 30.2 Å². The van der Waals surface area contributed by atoms with Gasteiger partial charge in [-0.1, -0.05) is 0 Å². The second-order valence-corrected chi connectivity index (χ2v) is 8.00. The first kappa shape index (κ1) is 22.1. The Bertz CT molecular complexity index is 493. The van der Waals surface area contributed by atoms with E-state index < -0.39 is 0 Å². The largest absolute Gasteiger partial charge is 0.356 e. The molecular formula is C17H31IN4S2. The van der Waals surface area contributed by atoms with E-state index in [4.69, 9.17) is 0 Å². The highest BCUT2D eigenvalue weighted by atomic mass is 127. The first-order chi connectivity index (χ1) is 11.2. The predicted octanol–water partition coefficient (Wildman–Crippen LogP) is 3.42. The Kier molecular flexibility index (Phi) is 11.4. The zero-order valence-electron chi connectivity index (χ0n) is 15.0. The van der Waals surface area contributed by atoms with Gasteiger partial charge in [-0.05, 0) is 55.2 Å². The number of nitrogens with one attached hydrogen (secondary N) is 2. The molecule has 2 rings (SSSR count). The minimum atomic E-state index is 0. The molecule has 24 heavy (non-hydrogen) atoms. The third kappa shape index (κ3) is 7.09. The normalized spacial score (nSPS) is 16.2. The summed E-state index contributed by atoms with van der Waals surface area (Å²) in [6.45, 7) is 6.48. The van der Waals surface area contributed by atoms with Gasteiger partial charge < -0.3 is 10.6 Å². The second-order valence-electron chi connectivity index (χ2n) is 6.02. The number of unbranched alkanes of at least 4 members (excludes halogenated alkanes) is 1. The molecule has 7 heteroatoms. The lowest BCUT2D eigenvalue weighted by Crippen LogP contribution is -2.47. The molecule has 0 bridgehead atoms. The zero-order chi connectivity index (χ0) is 16.5. The molecule has 1 aliphatic rings. The molecule has 1 unspecified atom stereocenters. The minimum absolute atomic E-state index is 0. The third-order valence-electron chi connectivity index (χ3n) is 4.32. The Morgan fingerprint density at radius 3 is 3.00 bits per heavy atom. The average Bonchev–Trinajstić information content (AvgIpc) is 3.04. The van der Waals surface area contributed by atoms with Crippen LogP contribution in [0.2, 0.25) is 0 Å². The van der Waals surface area contributed by atoms with Crippen LogP contribution in [0.5, 0.6) is 0 Å². The summed E-state index contributed by atoms with van der Waals surface area (Å²) in [5.74, 6) is 2.17. The molecule has 0 saturated heterocycles. The maximum atomic E-state index is 4.32. The van der Waals surface area contributed by atoms with Gasteiger partial charge >= 0.3 is 0 Å². The van der Waals surface area contributed by atoms with Gasteiger partial charge in [0, 0.05) is 44.1 Å². The second kappa shape index (κ2) is 12.4. The Hall–Kier alpha value is 0.01000. The van der Waals surface area contributed by atoms with Crippen molar-refractivity contribution in [1.82, 2.24) is 15.5 Å². The smallest absolute Gasteiger partial charge is 0.191 e. The summed E-state index contributed by atoms with van der Waals surface area (Å²) in [7, 11) is 1.85. The first-order valence-electron chi connectivity index (χ1n) is 8.47. The van der Waals surface area contributed by atoms with Crippen LogP contribution in [-0.2, 0) is 13.0 Å². The van der Waals surface area contributed by atoms with Crippen molar-refractivity contribution in [3.05, 3.63) is 21.9 Å². The molecule has 0 radical (unpaired) electrons. The summed E-state index contributed by atoms with van der Waals surface area (Å²) in [6, 6.07) is 2.79. The molecule has 0 fully saturated rings. The van der Waals surface area contributed by atoms with Gasteiger partial charge in [0.15, 0.2) is 5.96 Å². The molecule has 0 spiro atoms. The number of fused-ring (bicyclic) bond motifs is 1. The maximum absolute atomic E-state index is 4.32. The standard InChI is InChI=1S/C17H30N4S2.HI/c1-14(21-9-6-16-15(13-21)7-11-23-16)12-20-17(18-2)19-8-4-5-10-22-3;/h7,11,14H,4-6,8-10,12-13H2,1-3H3,(H2,18,19,20);1H. The third-order valence-corrected chi connectivity index (χ3v) is 6.04. The number of guanidine groups is 1. The van der Waals surface area contributed by atoms with Gasteiger partial charge in [0.25, 0.3) is 0 Å². The summed E-state index contributed by atoms with van der Waals surface area (Å²) in [6.07, 6.45) is 5.82. The fraction of sp³-hybridized carbons (Fsp3) is 0.706. The Morgan fingerprint density at radius 1 is 1.42 bits per heavy atom. The molecule has 2 N–H and O–H groups in total. The van der Waals surface area contributed by atoms with E-state index in [0.717, 1.165) is 32.1 Å². The van der Waals surface area contributed by atoms with Crippen LogP contribution in [0.3, 0.4) is 0 Å². The van der Waals surface area contributed by atoms with Crippen molar-refractivity contribution in [3.8, 4) is 0 Å². The molecule has 0 amide bonds. The van der Waals surface area contributed by atoms with Gasteiger partial charge in [-0.25, -0.2) is 0 Å². The van der Waals surface area contributed by atoms with E-state index in [2.05, 4.69) is 45.2 Å². The number of hydrogen-bond acceptors (Lipinski definition) is 4. The molecule has 0 aliphatic carbocycles. The quantitative estimate of drug-likeness (QED) is 0.258. The Balaban J connectivity index is 0.00000288. The van der Waals surface area contributed by atoms with E-state index in [1.807, 2.05) is 30.1 Å². The van der Waals surface area contributed by atoms with Crippen molar-refractivity contribution >= 4 is 53.0 Å². The van der Waals surface area contributed by atoms with Crippen LogP contribution < -0.4 is 10.6 Å². The summed E-state index contributed by atoms with van der Waals surface area (Å²) < 4.78 is 0. The van der Waals surface area contributed by atoms with E-state index in [9.17, 15) is 0 Å². The monoisotopic (exact) mass is 482 g/mol. The van der Waals surface area contributed by atoms with Crippen molar-refractivity contribution < 1.29 is 0 Å². The number of nitrogens with zero attached hydrogens (tertiary/aromatic N) is 2. The van der Waals surface area contributed by atoms with Gasteiger partial charge in [0.1, 0.15) is 0 Å². The van der Waals surface area contributed by atoms with E-state index >= 15 is 0 Å². The summed E-state index contributed by atoms with van der Waals surface area (Å²) >= 11 is 3.82. The molecule has 0 saturated carbocycles. The number of aliphatic imine (C=N–C) groups is 1. The topological polar surface area (TPSA) is 39.7 Å². The molecule has 1 atom stereocenters. The highest BCUT2D eigenvalue weighted by Crippen LogP contribution is 2.24. The SMILES string of the molecule is CN=C(NCCCCSC)NCC(C)N1CCc2sccc2C1.I. The average molecular weight is 483 g/mol. The van der Waals surface area contributed by atoms with Gasteiger partial charge in [-0.15, -0.1) is 35.3 Å². The maximum Gasteiger partial charge on any atom is 0.191 e. The molecule has 4 nitrogen and oxygen atoms in total. The number of rotatable bonds is 8. The highest BCUT2D eigenvalue weighted by molar-refractivity contribution is 14.0. The van der Waals surface area contributed by atoms with Crippen LogP contribution in [0.25, 0.3) is 0 Å². The summed E-state index contributed by atoms with van der Waals surface area (Å²) in [5, 5.41) is 9.10. The number of halogens is 1. The number of hydrogen-bond donors (Lipinski definition) is 2. The minimum Gasteiger partial charge on any atom is -0.356 e. The van der Waals surface area contributed by atoms with Crippen LogP contribution in [0.15, 0.2) is 16.4 Å². The van der Waals surface area contributed by atoms with Crippen molar-refractivity contribution in [2.24, 2.45) is 4.99 Å². The van der Waals surface area contributed by atoms with Crippen molar-refractivity contribution in [2.45, 2.75) is 38.8 Å². The number of thioether (sulfide) groups is 1. The summed E-state index contributed by atoms with van der Waals surface area (Å²) in [5.41, 5.74) is 1.52. The zero-order valence-corrected chi connectivity index (χ0v) is 19.0. The van der Waals surface area contributed by atoms with Gasteiger partial charge in [-0.2, -0.15) is 11.8 Å². The molecule has 138 valence electrons. The van der Waals surface area contributed by atoms with Gasteiger partial charge in [0.05, 0.1) is 0 Å². The molecule has 1 aromatic heterocycles. The molecule has 1 aliphatic heterocycles. The fourth-order valence-electron chi connectivity index (χ4n) is 2.82. The molecule has 0 aromatic carbocycles. The van der Waals surface area contributed by atoms with Crippen LogP contribution in [0, 0.1) is 0 Å². The van der Waals surface area contributed by atoms with Crippen LogP contribution >= 0.6 is 47.1 Å². The van der Waals surface area contributed by atoms with Crippen LogP contribution in [0.4, 0.5) is 0 Å². The lowest BCUT2D eigenvalue weighted by molar-refractivity contribution is 0.192. The molecule has 2 heterocycles. The van der Waals surface area contributed by atoms with Gasteiger partial charge in [0.2, 0.25) is 0 Å². The van der Waals surface area contributed by atoms with Crippen molar-refractivity contribution in [2.75, 3.05) is 38.7 Å². The highest BCUT2D eigenvalue weighted by Gasteiger charge is 2.21. The Labute approximate surface area is 172 Å². The van der Waals surface area contributed by atoms with E-state index in [1.54, 1.807) is 4.88 Å². The Morgan fingerprint density at radius 2 is 2.25 bits per heavy atom. The van der Waals surface area contributed by atoms with Crippen molar-refractivity contribution in [3.63, 3.8) is 0 Å². The lowest BCUT2D eigenvalue weighted by atomic mass is 10.1. The summed E-state index contributed by atoms with van der Waals surface area (Å²) in [4.78, 5) is 8.46. The number of thiophene rings is 1. The van der Waals surface area contributed by atoms with Crippen LogP contribution in [-0.4, -0.2) is 55.6 Å². The molecular weight excluding hydrogens is 451 g/mol. The van der Waals surface area contributed by atoms with E-state index in [1.165, 1.54) is 30.6 Å².